The highest BCUT2D eigenvalue weighted by molar-refractivity contribution is 5.89. The quantitative estimate of drug-likeness (QED) is 0.376. The number of anilines is 1. The average Bonchev–Trinajstić information content (AvgIpc) is 2.87. The van der Waals surface area contributed by atoms with Gasteiger partial charge in [-0.2, -0.15) is 39.5 Å². The van der Waals surface area contributed by atoms with Gasteiger partial charge in [0.25, 0.3) is 0 Å². The fraction of sp³-hybridized carbons (Fsp3) is 0.417. The molecule has 2 aromatic rings. The predicted octanol–water partition coefficient (Wildman–Crippen LogP) is 7.72. The summed E-state index contributed by atoms with van der Waals surface area (Å²) < 4.78 is 188. The van der Waals surface area contributed by atoms with Crippen molar-refractivity contribution < 1.29 is 69.9 Å². The first-order valence-electron chi connectivity index (χ1n) is 14.5. The molecule has 2 aromatic carbocycles. The monoisotopic (exact) mass is 580 g/mol. The number of carbonyl (C=O) groups is 2. The lowest BCUT2D eigenvalue weighted by atomic mass is 9.87. The molecule has 2 unspecified atom stereocenters. The number of halogens is 9. The van der Waals surface area contributed by atoms with Gasteiger partial charge in [0.2, 0.25) is 0 Å². The van der Waals surface area contributed by atoms with Gasteiger partial charge in [0, 0.05) is 19.4 Å². The van der Waals surface area contributed by atoms with Crippen molar-refractivity contribution in [3.63, 3.8) is 0 Å². The molecule has 214 valence electrons. The second-order valence-corrected chi connectivity index (χ2v) is 8.25. The number of ether oxygens (including phenoxy) is 1. The molecule has 1 N–H and O–H groups in total. The van der Waals surface area contributed by atoms with E-state index in [9.17, 15) is 54.2 Å². The van der Waals surface area contributed by atoms with Gasteiger partial charge in [-0.05, 0) is 60.3 Å². The van der Waals surface area contributed by atoms with Crippen LogP contribution in [0.15, 0.2) is 36.4 Å². The van der Waals surface area contributed by atoms with E-state index >= 15 is 0 Å². The average molecular weight is 580 g/mol. The number of alkyl halides is 9. The molecule has 0 saturated heterocycles. The number of methoxy groups -OCH3 is 1. The Morgan fingerprint density at radius 3 is 2.08 bits per heavy atom. The first-order valence-corrected chi connectivity index (χ1v) is 10.5. The van der Waals surface area contributed by atoms with Gasteiger partial charge in [0.15, 0.2) is 0 Å². The third-order valence-corrected chi connectivity index (χ3v) is 5.80. The van der Waals surface area contributed by atoms with Crippen molar-refractivity contribution in [1.82, 2.24) is 4.90 Å². The molecule has 0 fully saturated rings. The van der Waals surface area contributed by atoms with E-state index in [4.69, 9.17) is 11.0 Å². The minimum absolute atomic E-state index is 0.0532. The van der Waals surface area contributed by atoms with E-state index < -0.39 is 110 Å². The molecule has 1 heterocycles. The van der Waals surface area contributed by atoms with Crippen molar-refractivity contribution in [1.29, 1.82) is 0 Å². The maximum absolute atomic E-state index is 13.7. The molecule has 2 atom stereocenters. The smallest absolute Gasteiger partial charge is 0.416 e. The van der Waals surface area contributed by atoms with Gasteiger partial charge in [-0.25, -0.2) is 9.59 Å². The molecule has 0 spiro atoms. The standard InChI is InChI=1S/C24H21F9N2O4/c1-3-16-10-19(17-9-13(22(25,26)27)4-5-18(17)35(16)20(36)37)34(21(38)39-2)11-12-6-14(23(28,29)30)8-15(7-12)24(31,32)33/h4-9,16,19H,3,10-11H2,1-2H3,(H,36,37)/i1D3,2D3,3D2. The van der Waals surface area contributed by atoms with Gasteiger partial charge >= 0.3 is 30.7 Å². The fourth-order valence-electron chi connectivity index (χ4n) is 4.15. The summed E-state index contributed by atoms with van der Waals surface area (Å²) in [4.78, 5) is 25.6. The predicted molar refractivity (Wildman–Crippen MR) is 118 cm³/mol. The van der Waals surface area contributed by atoms with E-state index in [1.165, 1.54) is 0 Å². The highest BCUT2D eigenvalue weighted by Crippen LogP contribution is 2.45. The molecule has 1 aliphatic rings. The number of carbonyl (C=O) groups excluding carboxylic acids is 1. The van der Waals surface area contributed by atoms with Gasteiger partial charge in [-0.1, -0.05) is 6.85 Å². The molecule has 0 saturated carbocycles. The highest BCUT2D eigenvalue weighted by atomic mass is 19.4. The molecule has 39 heavy (non-hydrogen) atoms. The van der Waals surface area contributed by atoms with E-state index in [2.05, 4.69) is 4.74 Å². The lowest BCUT2D eigenvalue weighted by Crippen LogP contribution is -2.48. The van der Waals surface area contributed by atoms with Gasteiger partial charge in [0.1, 0.15) is 0 Å². The Morgan fingerprint density at radius 1 is 1.00 bits per heavy atom. The van der Waals surface area contributed by atoms with Gasteiger partial charge in [-0.3, -0.25) is 9.80 Å². The molecule has 0 bridgehead atoms. The van der Waals surface area contributed by atoms with Gasteiger partial charge in [0.05, 0.1) is 39.6 Å². The van der Waals surface area contributed by atoms with Gasteiger partial charge in [-0.15, -0.1) is 0 Å². The maximum atomic E-state index is 13.7. The molecule has 15 heteroatoms. The van der Waals surface area contributed by atoms with Crippen LogP contribution in [0.5, 0.6) is 0 Å². The molecule has 0 aromatic heterocycles. The molecule has 1 aliphatic heterocycles. The Kier molecular flexibility index (Phi) is 5.45. The van der Waals surface area contributed by atoms with E-state index in [1.54, 1.807) is 0 Å². The summed E-state index contributed by atoms with van der Waals surface area (Å²) in [7, 11) is -3.66. The zero-order chi connectivity index (χ0) is 36.3. The molecule has 3 rings (SSSR count). The number of hydrogen-bond donors (Lipinski definition) is 1. The summed E-state index contributed by atoms with van der Waals surface area (Å²) >= 11 is 0. The van der Waals surface area contributed by atoms with Crippen molar-refractivity contribution in [2.75, 3.05) is 11.9 Å². The summed E-state index contributed by atoms with van der Waals surface area (Å²) in [5.74, 6) is 0. The van der Waals surface area contributed by atoms with Crippen molar-refractivity contribution >= 4 is 17.9 Å². The van der Waals surface area contributed by atoms with Gasteiger partial charge < -0.3 is 9.84 Å². The van der Waals surface area contributed by atoms with Crippen LogP contribution < -0.4 is 4.90 Å². The second kappa shape index (κ2) is 10.5. The Balaban J connectivity index is 2.40. The van der Waals surface area contributed by atoms with Crippen LogP contribution in [0.4, 0.5) is 54.8 Å². The zero-order valence-corrected chi connectivity index (χ0v) is 19.0. The number of nitrogens with zero attached hydrogens (tertiary/aromatic N) is 2. The van der Waals surface area contributed by atoms with Crippen LogP contribution in [0.3, 0.4) is 0 Å². The lowest BCUT2D eigenvalue weighted by Gasteiger charge is -2.43. The number of carboxylic acid groups (broad SMARTS) is 1. The van der Waals surface area contributed by atoms with E-state index in [1.807, 2.05) is 0 Å². The summed E-state index contributed by atoms with van der Waals surface area (Å²) in [5, 5.41) is 9.91. The first kappa shape index (κ1) is 20.3. The number of rotatable bonds is 4. The number of fused-ring (bicyclic) bond motifs is 1. The maximum Gasteiger partial charge on any atom is 0.416 e. The van der Waals surface area contributed by atoms with Crippen LogP contribution >= 0.6 is 0 Å². The Bertz CT molecular complexity index is 1490. The van der Waals surface area contributed by atoms with Crippen molar-refractivity contribution in [2.24, 2.45) is 0 Å². The van der Waals surface area contributed by atoms with Crippen LogP contribution in [0.1, 0.15) is 64.5 Å². The first-order chi connectivity index (χ1) is 20.9. The van der Waals surface area contributed by atoms with Crippen molar-refractivity contribution in [3.8, 4) is 0 Å². The summed E-state index contributed by atoms with van der Waals surface area (Å²) in [6.45, 7) is -5.12. The minimum Gasteiger partial charge on any atom is -0.465 e. The van der Waals surface area contributed by atoms with Crippen LogP contribution in [0, 0.1) is 0 Å². The molecule has 6 nitrogen and oxygen atoms in total. The Labute approximate surface area is 226 Å². The van der Waals surface area contributed by atoms with E-state index in [0.29, 0.717) is 12.1 Å². The van der Waals surface area contributed by atoms with Crippen LogP contribution in [0.2, 0.25) is 0 Å². The molecule has 0 radical (unpaired) electrons. The normalized spacial score (nSPS) is 22.0. The molecule has 0 aliphatic carbocycles. The van der Waals surface area contributed by atoms with Crippen molar-refractivity contribution in [3.05, 3.63) is 64.2 Å². The minimum atomic E-state index is -5.41. The Hall–Kier alpha value is -3.65. The number of amides is 2. The molecular weight excluding hydrogens is 551 g/mol. The lowest BCUT2D eigenvalue weighted by molar-refractivity contribution is -0.143. The third kappa shape index (κ3) is 6.33. The second-order valence-electron chi connectivity index (χ2n) is 8.25. The van der Waals surface area contributed by atoms with Crippen molar-refractivity contribution in [2.45, 2.75) is 56.8 Å². The fourth-order valence-corrected chi connectivity index (χ4v) is 4.15. The number of hydrogen-bond acceptors (Lipinski definition) is 3. The Morgan fingerprint density at radius 2 is 1.59 bits per heavy atom. The summed E-state index contributed by atoms with van der Waals surface area (Å²) in [5.41, 5.74) is -8.05. The third-order valence-electron chi connectivity index (χ3n) is 5.80. The van der Waals surface area contributed by atoms with Crippen LogP contribution in [-0.2, 0) is 29.8 Å². The number of benzene rings is 2. The van der Waals surface area contributed by atoms with Crippen LogP contribution in [-0.4, -0.2) is 35.3 Å². The van der Waals surface area contributed by atoms with E-state index in [-0.39, 0.29) is 34.1 Å². The summed E-state index contributed by atoms with van der Waals surface area (Å²) in [6, 6.07) is -3.66. The molecular formula is C24H21F9N2O4. The molecule has 2 amide bonds. The zero-order valence-electron chi connectivity index (χ0n) is 27.0. The van der Waals surface area contributed by atoms with Crippen LogP contribution in [0.25, 0.3) is 0 Å². The highest BCUT2D eigenvalue weighted by Gasteiger charge is 2.43. The summed E-state index contributed by atoms with van der Waals surface area (Å²) in [6.07, 6.45) is -25.0. The largest absolute Gasteiger partial charge is 0.465 e. The topological polar surface area (TPSA) is 70.1 Å². The SMILES string of the molecule is [2H]C([2H])([2H])OC(=O)N(Cc1cc(C(F)(F)F)cc(C(F)(F)F)c1)C1CC(C([2H])([2H])C([2H])([2H])[2H])N(C(=O)O)c2ccc(C(F)(F)F)cc21. The van der Waals surface area contributed by atoms with E-state index in [0.717, 1.165) is 0 Å².